The van der Waals surface area contributed by atoms with Gasteiger partial charge in [0.25, 0.3) is 0 Å². The van der Waals surface area contributed by atoms with Gasteiger partial charge >= 0.3 is 5.97 Å². The number of aromatic nitrogens is 3. The molecule has 28 heavy (non-hydrogen) atoms. The summed E-state index contributed by atoms with van der Waals surface area (Å²) in [5.74, 6) is 0.110. The minimum Gasteiger partial charge on any atom is -0.454 e. The smallest absolute Gasteiger partial charge is 0.331 e. The molecular formula is C21H21N5O2. The van der Waals surface area contributed by atoms with E-state index in [1.807, 2.05) is 62.4 Å². The number of nitrogens with one attached hydrogen (secondary N) is 1. The van der Waals surface area contributed by atoms with Gasteiger partial charge in [-0.25, -0.2) is 4.79 Å². The summed E-state index contributed by atoms with van der Waals surface area (Å²) < 4.78 is 5.20. The molecule has 0 aliphatic heterocycles. The van der Waals surface area contributed by atoms with Crippen LogP contribution in [0, 0.1) is 13.8 Å². The highest BCUT2D eigenvalue weighted by Gasteiger charge is 2.07. The quantitative estimate of drug-likeness (QED) is 0.501. The summed E-state index contributed by atoms with van der Waals surface area (Å²) in [6.07, 6.45) is 3.09. The lowest BCUT2D eigenvalue weighted by Crippen LogP contribution is -2.10. The first kappa shape index (κ1) is 19.0. The predicted octanol–water partition coefficient (Wildman–Crippen LogP) is 3.57. The van der Waals surface area contributed by atoms with E-state index in [9.17, 15) is 4.79 Å². The molecule has 0 atom stereocenters. The van der Waals surface area contributed by atoms with Gasteiger partial charge in [0.15, 0.2) is 12.4 Å². The summed E-state index contributed by atoms with van der Waals surface area (Å²) in [6.45, 7) is 3.87. The number of carbonyl (C=O) groups excluding carboxylic acids is 1. The van der Waals surface area contributed by atoms with Crippen molar-refractivity contribution < 1.29 is 9.53 Å². The molecule has 0 aliphatic rings. The van der Waals surface area contributed by atoms with Crippen LogP contribution in [-0.2, 0) is 16.1 Å². The fraction of sp³-hybridized carbons (Fsp3) is 0.143. The molecule has 0 aliphatic carbocycles. The van der Waals surface area contributed by atoms with Crippen molar-refractivity contribution in [1.29, 1.82) is 0 Å². The third-order valence-electron chi connectivity index (χ3n) is 3.94. The minimum atomic E-state index is -0.490. The van der Waals surface area contributed by atoms with Crippen molar-refractivity contribution in [2.75, 3.05) is 11.1 Å². The molecule has 0 amide bonds. The highest BCUT2D eigenvalue weighted by molar-refractivity contribution is 5.87. The van der Waals surface area contributed by atoms with Crippen LogP contribution in [0.4, 0.5) is 17.6 Å². The third kappa shape index (κ3) is 5.38. The molecule has 0 radical (unpaired) electrons. The number of hydrogen-bond donors (Lipinski definition) is 2. The Morgan fingerprint density at radius 1 is 1.07 bits per heavy atom. The van der Waals surface area contributed by atoms with Crippen LogP contribution in [0.15, 0.2) is 54.6 Å². The van der Waals surface area contributed by atoms with E-state index in [1.165, 1.54) is 6.08 Å². The molecule has 0 fully saturated rings. The van der Waals surface area contributed by atoms with E-state index in [-0.39, 0.29) is 24.3 Å². The summed E-state index contributed by atoms with van der Waals surface area (Å²) in [6, 6.07) is 15.5. The van der Waals surface area contributed by atoms with E-state index in [1.54, 1.807) is 6.08 Å². The second-order valence-electron chi connectivity index (χ2n) is 6.22. The molecule has 2 aromatic carbocycles. The van der Waals surface area contributed by atoms with Gasteiger partial charge in [-0.2, -0.15) is 15.0 Å². The average molecular weight is 375 g/mol. The summed E-state index contributed by atoms with van der Waals surface area (Å²) in [5, 5.41) is 3.06. The van der Waals surface area contributed by atoms with Gasteiger partial charge in [0.1, 0.15) is 0 Å². The second-order valence-corrected chi connectivity index (χ2v) is 6.22. The third-order valence-corrected chi connectivity index (χ3v) is 3.94. The maximum Gasteiger partial charge on any atom is 0.331 e. The molecule has 0 saturated carbocycles. The van der Waals surface area contributed by atoms with Crippen LogP contribution >= 0.6 is 0 Å². The number of rotatable bonds is 6. The zero-order valence-electron chi connectivity index (χ0n) is 15.7. The molecule has 0 saturated heterocycles. The molecule has 3 aromatic rings. The van der Waals surface area contributed by atoms with Crippen molar-refractivity contribution in [2.45, 2.75) is 20.5 Å². The lowest BCUT2D eigenvalue weighted by molar-refractivity contribution is -0.139. The number of nitrogens with two attached hydrogens (primary N) is 1. The van der Waals surface area contributed by atoms with Crippen molar-refractivity contribution in [3.63, 3.8) is 0 Å². The lowest BCUT2D eigenvalue weighted by atomic mass is 10.1. The maximum absolute atomic E-state index is 12.0. The number of nitrogens with zero attached hydrogens (tertiary/aromatic N) is 3. The Morgan fingerprint density at radius 3 is 2.57 bits per heavy atom. The molecule has 3 rings (SSSR count). The maximum atomic E-state index is 12.0. The van der Waals surface area contributed by atoms with Crippen molar-refractivity contribution >= 4 is 29.6 Å². The van der Waals surface area contributed by atoms with E-state index in [0.717, 1.165) is 22.4 Å². The number of esters is 1. The first-order chi connectivity index (χ1) is 13.5. The summed E-state index contributed by atoms with van der Waals surface area (Å²) in [7, 11) is 0. The van der Waals surface area contributed by atoms with Gasteiger partial charge < -0.3 is 15.8 Å². The van der Waals surface area contributed by atoms with E-state index in [2.05, 4.69) is 20.3 Å². The van der Waals surface area contributed by atoms with Gasteiger partial charge in [0, 0.05) is 11.8 Å². The molecule has 1 aromatic heterocycles. The first-order valence-corrected chi connectivity index (χ1v) is 8.74. The second kappa shape index (κ2) is 8.77. The van der Waals surface area contributed by atoms with Crippen LogP contribution in [0.5, 0.6) is 0 Å². The van der Waals surface area contributed by atoms with Crippen LogP contribution in [0.1, 0.15) is 22.5 Å². The van der Waals surface area contributed by atoms with Crippen LogP contribution in [-0.4, -0.2) is 20.9 Å². The molecule has 7 nitrogen and oxygen atoms in total. The average Bonchev–Trinajstić information content (AvgIpc) is 2.67. The molecule has 3 N–H and O–H groups in total. The van der Waals surface area contributed by atoms with Crippen LogP contribution in [0.25, 0.3) is 6.08 Å². The minimum absolute atomic E-state index is 0.0473. The van der Waals surface area contributed by atoms with Crippen molar-refractivity contribution in [3.8, 4) is 0 Å². The Kier molecular flexibility index (Phi) is 5.96. The molecule has 0 spiro atoms. The number of benzene rings is 2. The molecule has 7 heteroatoms. The van der Waals surface area contributed by atoms with Crippen LogP contribution in [0.3, 0.4) is 0 Å². The van der Waals surface area contributed by atoms with Crippen molar-refractivity contribution in [2.24, 2.45) is 0 Å². The molecular weight excluding hydrogens is 354 g/mol. The fourth-order valence-electron chi connectivity index (χ4n) is 2.44. The summed E-state index contributed by atoms with van der Waals surface area (Å²) >= 11 is 0. The number of anilines is 3. The van der Waals surface area contributed by atoms with Crippen molar-refractivity contribution in [3.05, 3.63) is 77.1 Å². The van der Waals surface area contributed by atoms with Gasteiger partial charge in [-0.3, -0.25) is 0 Å². The Bertz CT molecular complexity index is 1000. The number of aryl methyl sites for hydroxylation is 2. The monoisotopic (exact) mass is 375 g/mol. The predicted molar refractivity (Wildman–Crippen MR) is 109 cm³/mol. The Morgan fingerprint density at radius 2 is 1.82 bits per heavy atom. The molecule has 0 bridgehead atoms. The Hall–Kier alpha value is -3.74. The summed E-state index contributed by atoms with van der Waals surface area (Å²) in [5.41, 5.74) is 9.73. The normalized spacial score (nSPS) is 10.8. The van der Waals surface area contributed by atoms with Gasteiger partial charge in [-0.15, -0.1) is 0 Å². The topological polar surface area (TPSA) is 103 Å². The molecule has 1 heterocycles. The van der Waals surface area contributed by atoms with Crippen LogP contribution in [0.2, 0.25) is 0 Å². The largest absolute Gasteiger partial charge is 0.454 e. The zero-order chi connectivity index (χ0) is 19.9. The van der Waals surface area contributed by atoms with Gasteiger partial charge in [0.2, 0.25) is 11.9 Å². The lowest BCUT2D eigenvalue weighted by Gasteiger charge is -2.08. The van der Waals surface area contributed by atoms with Gasteiger partial charge in [0.05, 0.1) is 0 Å². The van der Waals surface area contributed by atoms with Crippen LogP contribution < -0.4 is 11.1 Å². The van der Waals surface area contributed by atoms with Gasteiger partial charge in [-0.05, 0) is 43.2 Å². The Balaban J connectivity index is 1.62. The number of nitrogen functional groups attached to an aromatic ring is 1. The van der Waals surface area contributed by atoms with Gasteiger partial charge in [-0.1, -0.05) is 42.0 Å². The Labute approximate surface area is 163 Å². The number of hydrogen-bond acceptors (Lipinski definition) is 7. The molecule has 142 valence electrons. The first-order valence-electron chi connectivity index (χ1n) is 8.74. The van der Waals surface area contributed by atoms with Crippen molar-refractivity contribution in [1.82, 2.24) is 15.0 Å². The van der Waals surface area contributed by atoms with E-state index >= 15 is 0 Å². The highest BCUT2D eigenvalue weighted by atomic mass is 16.5. The standard InChI is InChI=1S/C21H21N5O2/c1-14-7-10-17(11-8-14)23-21-25-18(24-20(22)26-21)13-28-19(27)12-9-16-6-4-3-5-15(16)2/h3-12H,13H2,1-2H3,(H3,22,23,24,25,26)/b12-9+. The molecule has 0 unspecified atom stereocenters. The van der Waals surface area contributed by atoms with E-state index in [4.69, 9.17) is 10.5 Å². The summed E-state index contributed by atoms with van der Waals surface area (Å²) in [4.78, 5) is 24.3. The fourth-order valence-corrected chi connectivity index (χ4v) is 2.44. The number of carbonyl (C=O) groups is 1. The SMILES string of the molecule is Cc1ccc(Nc2nc(N)nc(COC(=O)/C=C/c3ccccc3C)n2)cc1. The van der Waals surface area contributed by atoms with E-state index < -0.39 is 5.97 Å². The highest BCUT2D eigenvalue weighted by Crippen LogP contribution is 2.14. The zero-order valence-corrected chi connectivity index (χ0v) is 15.7. The number of ether oxygens (including phenoxy) is 1. The van der Waals surface area contributed by atoms with E-state index in [0.29, 0.717) is 0 Å².